The van der Waals surface area contributed by atoms with Gasteiger partial charge in [0, 0.05) is 13.6 Å². The number of nitrogens with two attached hydrogens (primary N) is 1. The Hall–Kier alpha value is -0.880. The molecule has 0 aromatic rings. The number of hydrogen-bond acceptors (Lipinski definition) is 2. The summed E-state index contributed by atoms with van der Waals surface area (Å²) in [7, 11) is 1.83. The highest BCUT2D eigenvalue weighted by atomic mass is 32.1. The van der Waals surface area contributed by atoms with Crippen LogP contribution in [0.4, 0.5) is 0 Å². The highest BCUT2D eigenvalue weighted by Gasteiger charge is 1.99. The SMILES string of the molecule is C=CCN(C)C(=S)NNC(N)=S. The molecule has 0 heterocycles. The molecule has 0 saturated heterocycles. The van der Waals surface area contributed by atoms with Gasteiger partial charge in [0.25, 0.3) is 0 Å². The molecule has 0 atom stereocenters. The van der Waals surface area contributed by atoms with E-state index in [0.717, 1.165) is 0 Å². The lowest BCUT2D eigenvalue weighted by molar-refractivity contribution is 0.543. The van der Waals surface area contributed by atoms with Crippen molar-refractivity contribution in [3.63, 3.8) is 0 Å². The van der Waals surface area contributed by atoms with Crippen molar-refractivity contribution in [3.8, 4) is 0 Å². The molecule has 0 aromatic carbocycles. The lowest BCUT2D eigenvalue weighted by atomic mass is 10.6. The second-order valence-electron chi connectivity index (χ2n) is 2.09. The molecule has 4 N–H and O–H groups in total. The first kappa shape index (κ1) is 11.1. The lowest BCUT2D eigenvalue weighted by Crippen LogP contribution is -2.49. The van der Waals surface area contributed by atoms with Crippen LogP contribution in [-0.4, -0.2) is 28.7 Å². The fourth-order valence-corrected chi connectivity index (χ4v) is 0.664. The third-order valence-electron chi connectivity index (χ3n) is 1.04. The summed E-state index contributed by atoms with van der Waals surface area (Å²) in [5, 5.41) is 0.673. The maximum atomic E-state index is 5.17. The number of hydrazine groups is 1. The minimum atomic E-state index is 0.157. The molecule has 0 aliphatic carbocycles. The molecular weight excluding hydrogens is 192 g/mol. The first-order chi connectivity index (χ1) is 5.57. The molecule has 0 saturated carbocycles. The van der Waals surface area contributed by atoms with Crippen molar-refractivity contribution in [2.45, 2.75) is 0 Å². The Bertz CT molecular complexity index is 192. The van der Waals surface area contributed by atoms with Gasteiger partial charge in [0.15, 0.2) is 10.2 Å². The molecule has 0 unspecified atom stereocenters. The fourth-order valence-electron chi connectivity index (χ4n) is 0.487. The molecule has 0 rings (SSSR count). The van der Waals surface area contributed by atoms with Gasteiger partial charge in [-0.3, -0.25) is 10.9 Å². The zero-order valence-electron chi connectivity index (χ0n) is 6.83. The van der Waals surface area contributed by atoms with E-state index in [-0.39, 0.29) is 5.11 Å². The zero-order valence-corrected chi connectivity index (χ0v) is 8.47. The van der Waals surface area contributed by atoms with Gasteiger partial charge in [-0.25, -0.2) is 0 Å². The Kier molecular flexibility index (Phi) is 5.31. The molecular formula is C6H12N4S2. The highest BCUT2D eigenvalue weighted by Crippen LogP contribution is 1.82. The Balaban J connectivity index is 3.71. The summed E-state index contributed by atoms with van der Waals surface area (Å²) in [6.45, 7) is 4.25. The summed E-state index contributed by atoms with van der Waals surface area (Å²) in [5.74, 6) is 0. The summed E-state index contributed by atoms with van der Waals surface area (Å²) in [6.07, 6.45) is 1.74. The molecule has 0 amide bonds. The summed E-state index contributed by atoms with van der Waals surface area (Å²) in [5.41, 5.74) is 10.4. The van der Waals surface area contributed by atoms with Crippen molar-refractivity contribution < 1.29 is 0 Å². The fraction of sp³-hybridized carbons (Fsp3) is 0.333. The standard InChI is InChI=1S/C6H12N4S2/c1-3-4-10(2)6(12)9-8-5(7)11/h3H,1,4H2,2H3,(H,9,12)(H3,7,8,11). The summed E-state index contributed by atoms with van der Waals surface area (Å²) >= 11 is 9.52. The molecule has 68 valence electrons. The number of thiocarbonyl (C=S) groups is 2. The lowest BCUT2D eigenvalue weighted by Gasteiger charge is -2.19. The predicted octanol–water partition coefficient (Wildman–Crippen LogP) is -0.273. The predicted molar refractivity (Wildman–Crippen MR) is 58.5 cm³/mol. The Morgan fingerprint density at radius 1 is 1.58 bits per heavy atom. The van der Waals surface area contributed by atoms with E-state index in [9.17, 15) is 0 Å². The van der Waals surface area contributed by atoms with Gasteiger partial charge in [0.1, 0.15) is 0 Å². The first-order valence-corrected chi connectivity index (χ1v) is 4.07. The van der Waals surface area contributed by atoms with E-state index in [2.05, 4.69) is 29.6 Å². The first-order valence-electron chi connectivity index (χ1n) is 3.25. The molecule has 4 nitrogen and oxygen atoms in total. The van der Waals surface area contributed by atoms with Crippen LogP contribution in [0, 0.1) is 0 Å². The smallest absolute Gasteiger partial charge is 0.187 e. The van der Waals surface area contributed by atoms with Gasteiger partial charge < -0.3 is 10.6 Å². The van der Waals surface area contributed by atoms with E-state index in [4.69, 9.17) is 18.0 Å². The molecule has 0 aromatic heterocycles. The Morgan fingerprint density at radius 3 is 2.58 bits per heavy atom. The van der Waals surface area contributed by atoms with Crippen molar-refractivity contribution in [2.24, 2.45) is 5.73 Å². The number of rotatable bonds is 2. The van der Waals surface area contributed by atoms with Gasteiger partial charge in [-0.15, -0.1) is 6.58 Å². The van der Waals surface area contributed by atoms with Crippen molar-refractivity contribution in [2.75, 3.05) is 13.6 Å². The van der Waals surface area contributed by atoms with Crippen LogP contribution < -0.4 is 16.6 Å². The van der Waals surface area contributed by atoms with Gasteiger partial charge in [-0.05, 0) is 24.4 Å². The van der Waals surface area contributed by atoms with Gasteiger partial charge in [-0.1, -0.05) is 6.08 Å². The highest BCUT2D eigenvalue weighted by molar-refractivity contribution is 7.80. The van der Waals surface area contributed by atoms with E-state index < -0.39 is 0 Å². The number of nitrogens with one attached hydrogen (secondary N) is 2. The van der Waals surface area contributed by atoms with Crippen molar-refractivity contribution >= 4 is 34.7 Å². The van der Waals surface area contributed by atoms with Crippen molar-refractivity contribution in [3.05, 3.63) is 12.7 Å². The zero-order chi connectivity index (χ0) is 9.56. The molecule has 0 fully saturated rings. The molecule has 0 bridgehead atoms. The van der Waals surface area contributed by atoms with Gasteiger partial charge in [0.2, 0.25) is 0 Å². The second-order valence-corrected chi connectivity index (χ2v) is 2.92. The van der Waals surface area contributed by atoms with Crippen LogP contribution in [0.15, 0.2) is 12.7 Å². The second kappa shape index (κ2) is 5.73. The Labute approximate surface area is 82.8 Å². The Morgan fingerprint density at radius 2 is 2.17 bits per heavy atom. The quantitative estimate of drug-likeness (QED) is 0.327. The number of nitrogens with zero attached hydrogens (tertiary/aromatic N) is 1. The molecule has 0 radical (unpaired) electrons. The average Bonchev–Trinajstić information content (AvgIpc) is 2.00. The molecule has 0 aliphatic heterocycles. The van der Waals surface area contributed by atoms with E-state index >= 15 is 0 Å². The van der Waals surface area contributed by atoms with E-state index in [0.29, 0.717) is 11.7 Å². The van der Waals surface area contributed by atoms with Crippen LogP contribution in [0.1, 0.15) is 0 Å². The molecule has 0 spiro atoms. The normalized spacial score (nSPS) is 8.42. The van der Waals surface area contributed by atoms with Crippen LogP contribution in [0.3, 0.4) is 0 Å². The van der Waals surface area contributed by atoms with Gasteiger partial charge >= 0.3 is 0 Å². The van der Waals surface area contributed by atoms with Crippen LogP contribution in [0.5, 0.6) is 0 Å². The van der Waals surface area contributed by atoms with Crippen LogP contribution in [0.25, 0.3) is 0 Å². The number of likely N-dealkylation sites (N-methyl/N-ethyl adjacent to an activating group) is 1. The minimum absolute atomic E-state index is 0.157. The van der Waals surface area contributed by atoms with Crippen LogP contribution in [-0.2, 0) is 0 Å². The topological polar surface area (TPSA) is 53.3 Å². The monoisotopic (exact) mass is 204 g/mol. The van der Waals surface area contributed by atoms with E-state index in [1.807, 2.05) is 7.05 Å². The summed E-state index contributed by atoms with van der Waals surface area (Å²) in [6, 6.07) is 0. The van der Waals surface area contributed by atoms with Gasteiger partial charge in [0.05, 0.1) is 0 Å². The van der Waals surface area contributed by atoms with Crippen LogP contribution >= 0.6 is 24.4 Å². The molecule has 6 heteroatoms. The van der Waals surface area contributed by atoms with E-state index in [1.54, 1.807) is 11.0 Å². The summed E-state index contributed by atoms with van der Waals surface area (Å²) < 4.78 is 0. The largest absolute Gasteiger partial charge is 0.375 e. The number of hydrogen-bond donors (Lipinski definition) is 3. The van der Waals surface area contributed by atoms with Crippen molar-refractivity contribution in [1.29, 1.82) is 0 Å². The maximum absolute atomic E-state index is 5.17. The van der Waals surface area contributed by atoms with Crippen LogP contribution in [0.2, 0.25) is 0 Å². The third-order valence-corrected chi connectivity index (χ3v) is 1.56. The van der Waals surface area contributed by atoms with Crippen molar-refractivity contribution in [1.82, 2.24) is 15.8 Å². The molecule has 0 aliphatic rings. The summed E-state index contributed by atoms with van der Waals surface area (Å²) in [4.78, 5) is 1.79. The molecule has 12 heavy (non-hydrogen) atoms. The minimum Gasteiger partial charge on any atom is -0.375 e. The van der Waals surface area contributed by atoms with Gasteiger partial charge in [-0.2, -0.15) is 0 Å². The maximum Gasteiger partial charge on any atom is 0.187 e. The average molecular weight is 204 g/mol. The third kappa shape index (κ3) is 4.86. The van der Waals surface area contributed by atoms with E-state index in [1.165, 1.54) is 0 Å².